The Bertz CT molecular complexity index is 953. The Morgan fingerprint density at radius 1 is 1.35 bits per heavy atom. The summed E-state index contributed by atoms with van der Waals surface area (Å²) >= 11 is 6.02. The van der Waals surface area contributed by atoms with Gasteiger partial charge in [0.2, 0.25) is 0 Å². The maximum atomic E-state index is 12.7. The van der Waals surface area contributed by atoms with E-state index in [0.29, 0.717) is 21.8 Å². The van der Waals surface area contributed by atoms with Gasteiger partial charge in [0.1, 0.15) is 0 Å². The van der Waals surface area contributed by atoms with Crippen molar-refractivity contribution in [2.24, 2.45) is 5.16 Å². The second kappa shape index (κ2) is 8.89. The van der Waals surface area contributed by atoms with E-state index in [-0.39, 0.29) is 76.0 Å². The van der Waals surface area contributed by atoms with Crippen LogP contribution in [0, 0.1) is 0 Å². The van der Waals surface area contributed by atoms with Gasteiger partial charge in [-0.3, -0.25) is 14.1 Å². The van der Waals surface area contributed by atoms with Crippen molar-refractivity contribution in [3.8, 4) is 0 Å². The molecule has 26 heavy (non-hydrogen) atoms. The van der Waals surface area contributed by atoms with Gasteiger partial charge in [0.15, 0.2) is 0 Å². The van der Waals surface area contributed by atoms with Crippen molar-refractivity contribution < 1.29 is 73.4 Å². The molecule has 130 valence electrons. The third kappa shape index (κ3) is 5.11. The Kier molecular flexibility index (Phi) is 7.33. The first kappa shape index (κ1) is 21.4. The molecule has 3 rings (SSSR count). The number of aromatic nitrogens is 1. The van der Waals surface area contributed by atoms with E-state index in [1.54, 1.807) is 36.5 Å². The number of oxime groups is 1. The second-order valence-electron chi connectivity index (χ2n) is 5.13. The maximum Gasteiger partial charge on any atom is 1.00 e. The van der Waals surface area contributed by atoms with Crippen molar-refractivity contribution in [3.05, 3.63) is 58.9 Å². The number of halogens is 1. The van der Waals surface area contributed by atoms with E-state index in [1.165, 1.54) is 11.1 Å². The predicted molar refractivity (Wildman–Crippen MR) is 89.3 cm³/mol. The number of nitrogens with zero attached hydrogens (tertiary/aromatic N) is 3. The largest absolute Gasteiger partial charge is 1.00 e. The van der Waals surface area contributed by atoms with Gasteiger partial charge in [0, 0.05) is 35.9 Å². The number of anilines is 1. The summed E-state index contributed by atoms with van der Waals surface area (Å²) in [5.41, 5.74) is 1.53. The van der Waals surface area contributed by atoms with E-state index in [4.69, 9.17) is 11.6 Å². The Morgan fingerprint density at radius 2 is 2.12 bits per heavy atom. The minimum atomic E-state index is -4.96. The Balaban J connectivity index is 0.00000243. The Labute approximate surface area is 197 Å². The molecule has 0 aliphatic carbocycles. The summed E-state index contributed by atoms with van der Waals surface area (Å²) in [6, 6.07) is 8.00. The summed E-state index contributed by atoms with van der Waals surface area (Å²) in [6.07, 6.45) is 3.21. The zero-order valence-electron chi connectivity index (χ0n) is 13.6. The summed E-state index contributed by atoms with van der Waals surface area (Å²) in [7, 11) is -4.96. The number of pyridine rings is 1. The molecule has 0 unspecified atom stereocenters. The first-order valence-corrected chi connectivity index (χ1v) is 8.79. The van der Waals surface area contributed by atoms with Crippen LogP contribution in [0.4, 0.5) is 5.69 Å². The van der Waals surface area contributed by atoms with Crippen LogP contribution in [-0.2, 0) is 14.7 Å². The van der Waals surface area contributed by atoms with Crippen molar-refractivity contribution in [2.45, 2.75) is 6.42 Å². The second-order valence-corrected chi connectivity index (χ2v) is 6.53. The van der Waals surface area contributed by atoms with Crippen LogP contribution in [-0.4, -0.2) is 36.1 Å². The predicted octanol–water partition coefficient (Wildman–Crippen LogP) is -1.03. The molecule has 8 nitrogen and oxygen atoms in total. The summed E-state index contributed by atoms with van der Waals surface area (Å²) in [6.45, 7) is 0.210. The van der Waals surface area contributed by atoms with E-state index < -0.39 is 10.4 Å². The summed E-state index contributed by atoms with van der Waals surface area (Å²) in [4.78, 5) is 18.1. The molecule has 1 aromatic carbocycles. The number of carbonyl (C=O) groups excluding carboxylic acids is 1. The number of rotatable bonds is 3. The zero-order chi connectivity index (χ0) is 18.0. The van der Waals surface area contributed by atoms with Crippen LogP contribution in [0.3, 0.4) is 0 Å². The van der Waals surface area contributed by atoms with Gasteiger partial charge in [-0.1, -0.05) is 16.8 Å². The molecule has 2 heterocycles. The number of hydrogen-bond acceptors (Lipinski definition) is 7. The fourth-order valence-corrected chi connectivity index (χ4v) is 2.83. The minimum absolute atomic E-state index is 0. The molecule has 0 spiro atoms. The summed E-state index contributed by atoms with van der Waals surface area (Å²) in [5.74, 6) is -0.284. The molecule has 0 atom stereocenters. The average Bonchev–Trinajstić information content (AvgIpc) is 2.59. The van der Waals surface area contributed by atoms with Crippen LogP contribution >= 0.6 is 11.6 Å². The van der Waals surface area contributed by atoms with Crippen LogP contribution in [0.1, 0.15) is 22.3 Å². The van der Waals surface area contributed by atoms with Gasteiger partial charge < -0.3 is 9.45 Å². The van der Waals surface area contributed by atoms with E-state index in [1.807, 2.05) is 0 Å². The molecular formula is C15H11ClKN3O5S. The van der Waals surface area contributed by atoms with Gasteiger partial charge in [-0.25, -0.2) is 0 Å². The van der Waals surface area contributed by atoms with Crippen molar-refractivity contribution in [1.29, 1.82) is 0 Å². The molecule has 1 aromatic heterocycles. The molecule has 0 saturated heterocycles. The monoisotopic (exact) mass is 419 g/mol. The van der Waals surface area contributed by atoms with Crippen LogP contribution in [0.15, 0.2) is 47.9 Å². The van der Waals surface area contributed by atoms with E-state index in [9.17, 15) is 17.8 Å². The average molecular weight is 420 g/mol. The zero-order valence-corrected chi connectivity index (χ0v) is 18.3. The van der Waals surface area contributed by atoms with E-state index in [2.05, 4.69) is 14.4 Å². The van der Waals surface area contributed by atoms with E-state index in [0.717, 1.165) is 0 Å². The quantitative estimate of drug-likeness (QED) is 0.272. The van der Waals surface area contributed by atoms with Crippen molar-refractivity contribution in [2.75, 3.05) is 11.4 Å². The third-order valence-electron chi connectivity index (χ3n) is 3.53. The van der Waals surface area contributed by atoms with Gasteiger partial charge in [-0.05, 0) is 30.3 Å². The van der Waals surface area contributed by atoms with Gasteiger partial charge in [0.25, 0.3) is 16.3 Å². The molecular weight excluding hydrogens is 409 g/mol. The normalized spacial score (nSPS) is 15.2. The number of hydrogen-bond donors (Lipinski definition) is 0. The minimum Gasteiger partial charge on any atom is -0.714 e. The molecule has 0 bridgehead atoms. The molecule has 1 amide bonds. The van der Waals surface area contributed by atoms with Crippen LogP contribution < -0.4 is 56.3 Å². The topological polar surface area (TPSA) is 112 Å². The Morgan fingerprint density at radius 3 is 2.77 bits per heavy atom. The number of fused-ring (bicyclic) bond motifs is 1. The van der Waals surface area contributed by atoms with Gasteiger partial charge in [-0.15, -0.1) is 0 Å². The first-order chi connectivity index (χ1) is 11.8. The maximum absolute atomic E-state index is 12.7. The fourth-order valence-electron chi connectivity index (χ4n) is 2.49. The number of carbonyl (C=O) groups is 1. The number of benzene rings is 1. The van der Waals surface area contributed by atoms with E-state index >= 15 is 0 Å². The molecule has 11 heteroatoms. The molecule has 0 fully saturated rings. The summed E-state index contributed by atoms with van der Waals surface area (Å²) in [5, 5.41) is 3.80. The first-order valence-electron chi connectivity index (χ1n) is 7.08. The number of amides is 1. The molecule has 2 aromatic rings. The van der Waals surface area contributed by atoms with Crippen molar-refractivity contribution in [1.82, 2.24) is 4.98 Å². The SMILES string of the molecule is O=C(c1cccnc1)N1CC/C(=N/OS(=O)(=O)[O-])c2ccc(Cl)cc21.[K+]. The van der Waals surface area contributed by atoms with Gasteiger partial charge in [-0.2, -0.15) is 8.42 Å². The van der Waals surface area contributed by atoms with Gasteiger partial charge in [0.05, 0.1) is 17.0 Å². The molecule has 0 saturated carbocycles. The summed E-state index contributed by atoms with van der Waals surface area (Å²) < 4.78 is 35.9. The van der Waals surface area contributed by atoms with Crippen LogP contribution in [0.5, 0.6) is 0 Å². The standard InChI is InChI=1S/C15H12ClN3O5S.K/c16-11-3-4-12-13(18-24-25(21,22)23)5-7-19(14(12)8-11)15(20)10-2-1-6-17-9-10;/h1-4,6,8-9H,5,7H2,(H,21,22,23);/q;+1/p-1/b18-13-;. The van der Waals surface area contributed by atoms with Crippen molar-refractivity contribution in [3.63, 3.8) is 0 Å². The van der Waals surface area contributed by atoms with Crippen LogP contribution in [0.2, 0.25) is 5.02 Å². The molecule has 0 N–H and O–H groups in total. The molecule has 0 radical (unpaired) electrons. The van der Waals surface area contributed by atoms with Gasteiger partial charge >= 0.3 is 51.4 Å². The molecule has 1 aliphatic heterocycles. The smallest absolute Gasteiger partial charge is 0.714 e. The molecule has 1 aliphatic rings. The Hall–Kier alpha value is -0.854. The van der Waals surface area contributed by atoms with Crippen LogP contribution in [0.25, 0.3) is 0 Å². The third-order valence-corrected chi connectivity index (χ3v) is 4.02. The fraction of sp³-hybridized carbons (Fsp3) is 0.133. The van der Waals surface area contributed by atoms with Crippen molar-refractivity contribution >= 4 is 39.3 Å².